The molecule has 0 radical (unpaired) electrons. The molecule has 0 aliphatic carbocycles. The average molecular weight is 461 g/mol. The minimum atomic E-state index is 0.837. The summed E-state index contributed by atoms with van der Waals surface area (Å²) in [6.07, 6.45) is 0. The molecule has 168 valence electrons. The molecule has 3 heteroatoms. The lowest BCUT2D eigenvalue weighted by Gasteiger charge is -2.20. The van der Waals surface area contributed by atoms with E-state index in [2.05, 4.69) is 89.5 Å². The Morgan fingerprint density at radius 2 is 1.25 bits per heavy atom. The topological polar surface area (TPSA) is 27.1 Å². The predicted molar refractivity (Wildman–Crippen MR) is 147 cm³/mol. The van der Waals surface area contributed by atoms with Crippen LogP contribution in [0, 0.1) is 0 Å². The van der Waals surface area contributed by atoms with Crippen molar-refractivity contribution in [2.24, 2.45) is 0 Å². The Morgan fingerprint density at radius 3 is 2.14 bits per heavy atom. The maximum atomic E-state index is 6.19. The van der Waals surface area contributed by atoms with Crippen molar-refractivity contribution in [1.82, 2.24) is 9.55 Å². The number of imidazole rings is 1. The van der Waals surface area contributed by atoms with Gasteiger partial charge in [0.1, 0.15) is 11.3 Å². The molecule has 36 heavy (non-hydrogen) atoms. The van der Waals surface area contributed by atoms with E-state index < -0.39 is 0 Å². The van der Waals surface area contributed by atoms with E-state index in [1.165, 1.54) is 32.7 Å². The number of benzene rings is 6. The molecule has 3 nitrogen and oxygen atoms in total. The van der Waals surface area contributed by atoms with Crippen molar-refractivity contribution in [3.05, 3.63) is 121 Å². The van der Waals surface area contributed by atoms with E-state index in [0.29, 0.717) is 0 Å². The summed E-state index contributed by atoms with van der Waals surface area (Å²) in [5.41, 5.74) is 6.46. The van der Waals surface area contributed by atoms with E-state index in [9.17, 15) is 0 Å². The van der Waals surface area contributed by atoms with Crippen molar-refractivity contribution in [3.8, 4) is 39.7 Å². The van der Waals surface area contributed by atoms with Crippen molar-refractivity contribution < 1.29 is 4.74 Å². The summed E-state index contributed by atoms with van der Waals surface area (Å²) in [4.78, 5) is 5.03. The first-order valence-corrected chi connectivity index (χ1v) is 12.2. The third-order valence-corrected chi connectivity index (χ3v) is 7.19. The normalized spacial score (nSPS) is 12.1. The lowest BCUT2D eigenvalue weighted by Crippen LogP contribution is -2.05. The van der Waals surface area contributed by atoms with Crippen LogP contribution in [0.2, 0.25) is 0 Å². The van der Waals surface area contributed by atoms with E-state index in [1.54, 1.807) is 0 Å². The molecule has 1 aliphatic rings. The summed E-state index contributed by atoms with van der Waals surface area (Å²) in [6, 6.07) is 42.6. The van der Waals surface area contributed by atoms with Gasteiger partial charge in [0.05, 0.1) is 11.2 Å². The molecular weight excluding hydrogens is 440 g/mol. The number of para-hydroxylation sites is 3. The number of hydrogen-bond donors (Lipinski definition) is 0. The van der Waals surface area contributed by atoms with Gasteiger partial charge in [0.15, 0.2) is 11.5 Å². The summed E-state index contributed by atoms with van der Waals surface area (Å²) in [6.45, 7) is 0. The van der Waals surface area contributed by atoms with E-state index in [1.807, 2.05) is 36.4 Å². The van der Waals surface area contributed by atoms with Crippen LogP contribution in [-0.2, 0) is 0 Å². The average Bonchev–Trinajstić information content (AvgIpc) is 3.34. The van der Waals surface area contributed by atoms with Gasteiger partial charge in [-0.15, -0.1) is 0 Å². The first-order valence-electron chi connectivity index (χ1n) is 12.2. The van der Waals surface area contributed by atoms with Crippen molar-refractivity contribution in [2.45, 2.75) is 0 Å². The number of rotatable bonds is 2. The highest BCUT2D eigenvalue weighted by atomic mass is 16.5. The third kappa shape index (κ3) is 2.71. The second-order valence-corrected chi connectivity index (χ2v) is 9.23. The summed E-state index contributed by atoms with van der Waals surface area (Å²) in [5, 5.41) is 5.08. The van der Waals surface area contributed by atoms with Crippen LogP contribution in [0.4, 0.5) is 0 Å². The minimum Gasteiger partial charge on any atom is -0.453 e. The Hall–Kier alpha value is -4.89. The molecule has 0 saturated carbocycles. The van der Waals surface area contributed by atoms with Crippen LogP contribution in [0.1, 0.15) is 0 Å². The first-order chi connectivity index (χ1) is 17.8. The lowest BCUT2D eigenvalue weighted by molar-refractivity contribution is 0.476. The fraction of sp³-hybridized carbons (Fsp3) is 0. The second kappa shape index (κ2) is 7.30. The zero-order chi connectivity index (χ0) is 23.6. The number of hydrogen-bond acceptors (Lipinski definition) is 2. The highest BCUT2D eigenvalue weighted by Gasteiger charge is 2.24. The maximum absolute atomic E-state index is 6.19. The molecule has 0 spiro atoms. The molecule has 8 rings (SSSR count). The van der Waals surface area contributed by atoms with Crippen LogP contribution >= 0.6 is 0 Å². The fourth-order valence-electron chi connectivity index (χ4n) is 5.54. The van der Waals surface area contributed by atoms with Crippen molar-refractivity contribution in [3.63, 3.8) is 0 Å². The monoisotopic (exact) mass is 460 g/mol. The SMILES string of the molecule is c1ccc2c(c1)Oc1cccc3nc(-c4ccc(-c5cc6ccccc6c6ccccc56)cc4)n-2c13. The van der Waals surface area contributed by atoms with Gasteiger partial charge in [-0.05, 0) is 63.0 Å². The van der Waals surface area contributed by atoms with Crippen LogP contribution in [0.25, 0.3) is 60.8 Å². The lowest BCUT2D eigenvalue weighted by atomic mass is 9.93. The van der Waals surface area contributed by atoms with Gasteiger partial charge in [-0.25, -0.2) is 4.98 Å². The predicted octanol–water partition coefficient (Wildman–Crippen LogP) is 8.77. The molecular formula is C33H20N2O. The van der Waals surface area contributed by atoms with Gasteiger partial charge in [0, 0.05) is 5.56 Å². The molecule has 0 unspecified atom stereocenters. The molecule has 7 aromatic rings. The van der Waals surface area contributed by atoms with E-state index >= 15 is 0 Å². The van der Waals surface area contributed by atoms with Gasteiger partial charge in [0.25, 0.3) is 0 Å². The molecule has 1 aliphatic heterocycles. The van der Waals surface area contributed by atoms with Crippen LogP contribution in [0.15, 0.2) is 121 Å². The smallest absolute Gasteiger partial charge is 0.153 e. The summed E-state index contributed by atoms with van der Waals surface area (Å²) < 4.78 is 8.42. The Balaban J connectivity index is 1.32. The standard InChI is InChI=1S/C33H20N2O/c1-2-9-24-23(8-1)20-27(26-11-4-3-10-25(24)26)21-16-18-22(19-17-21)33-34-28-12-7-15-31-32(28)35(33)29-13-5-6-14-30(29)36-31/h1-20H. The zero-order valence-electron chi connectivity index (χ0n) is 19.3. The molecule has 0 saturated heterocycles. The summed E-state index contributed by atoms with van der Waals surface area (Å²) >= 11 is 0. The highest BCUT2D eigenvalue weighted by molar-refractivity contribution is 6.13. The van der Waals surface area contributed by atoms with Crippen molar-refractivity contribution in [1.29, 1.82) is 0 Å². The molecule has 0 amide bonds. The number of ether oxygens (including phenoxy) is 1. The number of aromatic nitrogens is 2. The molecule has 0 N–H and O–H groups in total. The highest BCUT2D eigenvalue weighted by Crippen LogP contribution is 2.43. The largest absolute Gasteiger partial charge is 0.453 e. The van der Waals surface area contributed by atoms with Gasteiger partial charge >= 0.3 is 0 Å². The Morgan fingerprint density at radius 1 is 0.556 bits per heavy atom. The van der Waals surface area contributed by atoms with Gasteiger partial charge in [-0.2, -0.15) is 0 Å². The second-order valence-electron chi connectivity index (χ2n) is 9.23. The molecule has 0 bridgehead atoms. The molecule has 0 atom stereocenters. The van der Waals surface area contributed by atoms with Crippen molar-refractivity contribution >= 4 is 32.6 Å². The van der Waals surface area contributed by atoms with Gasteiger partial charge in [-0.1, -0.05) is 91.0 Å². The third-order valence-electron chi connectivity index (χ3n) is 7.19. The summed E-state index contributed by atoms with van der Waals surface area (Å²) in [7, 11) is 0. The van der Waals surface area contributed by atoms with Crippen LogP contribution in [0.3, 0.4) is 0 Å². The Bertz CT molecular complexity index is 1960. The van der Waals surface area contributed by atoms with Crippen molar-refractivity contribution in [2.75, 3.05) is 0 Å². The van der Waals surface area contributed by atoms with Gasteiger partial charge < -0.3 is 4.74 Å². The van der Waals surface area contributed by atoms with E-state index in [4.69, 9.17) is 9.72 Å². The van der Waals surface area contributed by atoms with Crippen LogP contribution in [-0.4, -0.2) is 9.55 Å². The van der Waals surface area contributed by atoms with E-state index in [-0.39, 0.29) is 0 Å². The maximum Gasteiger partial charge on any atom is 0.153 e. The van der Waals surface area contributed by atoms with Crippen LogP contribution in [0.5, 0.6) is 11.5 Å². The summed E-state index contributed by atoms with van der Waals surface area (Å²) in [5.74, 6) is 2.60. The first kappa shape index (κ1) is 19.4. The van der Waals surface area contributed by atoms with Gasteiger partial charge in [0.2, 0.25) is 0 Å². The molecule has 0 fully saturated rings. The van der Waals surface area contributed by atoms with E-state index in [0.717, 1.165) is 39.6 Å². The molecule has 6 aromatic carbocycles. The zero-order valence-corrected chi connectivity index (χ0v) is 19.3. The number of fused-ring (bicyclic) bond motifs is 5. The minimum absolute atomic E-state index is 0.837. The molecule has 1 aromatic heterocycles. The Labute approximate surface area is 207 Å². The Kier molecular flexibility index (Phi) is 3.94. The van der Waals surface area contributed by atoms with Crippen LogP contribution < -0.4 is 4.74 Å². The molecule has 2 heterocycles. The quantitative estimate of drug-likeness (QED) is 0.241. The van der Waals surface area contributed by atoms with Gasteiger partial charge in [-0.3, -0.25) is 4.57 Å². The fourth-order valence-corrected chi connectivity index (χ4v) is 5.54. The number of nitrogens with zero attached hydrogens (tertiary/aromatic N) is 2.